The molecule has 0 saturated carbocycles. The van der Waals surface area contributed by atoms with Crippen molar-refractivity contribution >= 4 is 54.0 Å². The number of fused-ring (bicyclic) bond motifs is 2. The Balaban J connectivity index is 1.64. The summed E-state index contributed by atoms with van der Waals surface area (Å²) >= 11 is 1.82. The molecule has 0 N–H and O–H groups in total. The Morgan fingerprint density at radius 2 is 1.77 bits per heavy atom. The van der Waals surface area contributed by atoms with Crippen molar-refractivity contribution in [3.63, 3.8) is 0 Å². The highest BCUT2D eigenvalue weighted by molar-refractivity contribution is 7.18. The van der Waals surface area contributed by atoms with Crippen molar-refractivity contribution in [2.45, 2.75) is 0 Å². The number of hydrogen-bond donors (Lipinski definition) is 0. The number of benzene rings is 3. The van der Waals surface area contributed by atoms with Gasteiger partial charge in [-0.1, -0.05) is 24.3 Å². The van der Waals surface area contributed by atoms with E-state index in [1.165, 1.54) is 42.7 Å². The summed E-state index contributed by atoms with van der Waals surface area (Å²) in [5, 5.41) is 8.77. The van der Waals surface area contributed by atoms with E-state index in [0.29, 0.717) is 0 Å². The third kappa shape index (κ3) is 2.09. The highest BCUT2D eigenvalue weighted by atomic mass is 32.1. The lowest BCUT2D eigenvalue weighted by atomic mass is 10.0. The van der Waals surface area contributed by atoms with E-state index >= 15 is 0 Å². The lowest BCUT2D eigenvalue weighted by Crippen LogP contribution is -1.95. The van der Waals surface area contributed by atoms with Crippen LogP contribution in [0.4, 0.5) is 0 Å². The summed E-state index contributed by atoms with van der Waals surface area (Å²) in [5.74, 6) is 0. The van der Waals surface area contributed by atoms with Gasteiger partial charge < -0.3 is 4.57 Å². The van der Waals surface area contributed by atoms with Crippen LogP contribution in [0.2, 0.25) is 0 Å². The van der Waals surface area contributed by atoms with Gasteiger partial charge in [-0.15, -0.1) is 11.3 Å². The SMILES string of the molecule is c1cncc(-c2cc(-n3c4cccc5ccc6c7sccc7cc3c6c54)ccn2)c1. The molecule has 30 heavy (non-hydrogen) atoms. The fourth-order valence-corrected chi connectivity index (χ4v) is 5.60. The fraction of sp³-hybridized carbons (Fsp3) is 0. The molecule has 0 aliphatic carbocycles. The van der Waals surface area contributed by atoms with Gasteiger partial charge in [-0.2, -0.15) is 0 Å². The molecule has 7 aromatic rings. The van der Waals surface area contributed by atoms with Crippen LogP contribution in [0.25, 0.3) is 59.6 Å². The Morgan fingerprint density at radius 1 is 0.767 bits per heavy atom. The van der Waals surface area contributed by atoms with Crippen LogP contribution in [0, 0.1) is 0 Å². The molecule has 0 spiro atoms. The summed E-state index contributed by atoms with van der Waals surface area (Å²) in [7, 11) is 0. The Kier molecular flexibility index (Phi) is 3.15. The quantitative estimate of drug-likeness (QED) is 0.291. The first kappa shape index (κ1) is 16.1. The Hall–Kier alpha value is -3.76. The molecule has 3 nitrogen and oxygen atoms in total. The van der Waals surface area contributed by atoms with E-state index in [-0.39, 0.29) is 0 Å². The van der Waals surface area contributed by atoms with Crippen LogP contribution in [-0.4, -0.2) is 14.5 Å². The minimum atomic E-state index is 0.927. The largest absolute Gasteiger partial charge is 0.309 e. The number of aromatic nitrogens is 3. The van der Waals surface area contributed by atoms with Crippen molar-refractivity contribution in [1.29, 1.82) is 0 Å². The second-order valence-electron chi connectivity index (χ2n) is 7.57. The number of pyridine rings is 2. The minimum absolute atomic E-state index is 0.927. The molecule has 0 bridgehead atoms. The van der Waals surface area contributed by atoms with Crippen molar-refractivity contribution in [1.82, 2.24) is 14.5 Å². The number of thiophene rings is 1. The normalized spacial score (nSPS) is 12.0. The van der Waals surface area contributed by atoms with Gasteiger partial charge in [0, 0.05) is 50.7 Å². The van der Waals surface area contributed by atoms with Crippen molar-refractivity contribution < 1.29 is 0 Å². The Morgan fingerprint density at radius 3 is 2.70 bits per heavy atom. The summed E-state index contributed by atoms with van der Waals surface area (Å²) in [6, 6.07) is 23.9. The molecule has 4 aromatic heterocycles. The molecule has 0 saturated heterocycles. The minimum Gasteiger partial charge on any atom is -0.309 e. The molecule has 0 amide bonds. The number of nitrogens with zero attached hydrogens (tertiary/aromatic N) is 3. The molecular weight excluding hydrogens is 386 g/mol. The molecule has 0 aliphatic rings. The highest BCUT2D eigenvalue weighted by Gasteiger charge is 2.19. The monoisotopic (exact) mass is 401 g/mol. The van der Waals surface area contributed by atoms with E-state index < -0.39 is 0 Å². The van der Waals surface area contributed by atoms with E-state index in [9.17, 15) is 0 Å². The van der Waals surface area contributed by atoms with Gasteiger partial charge in [0.05, 0.1) is 16.7 Å². The molecule has 3 aromatic carbocycles. The number of hydrogen-bond acceptors (Lipinski definition) is 3. The second-order valence-corrected chi connectivity index (χ2v) is 8.49. The van der Waals surface area contributed by atoms with Gasteiger partial charge in [0.1, 0.15) is 0 Å². The zero-order valence-corrected chi connectivity index (χ0v) is 16.7. The summed E-state index contributed by atoms with van der Waals surface area (Å²) < 4.78 is 3.74. The molecule has 4 heterocycles. The van der Waals surface area contributed by atoms with E-state index in [0.717, 1.165) is 16.9 Å². The lowest BCUT2D eigenvalue weighted by molar-refractivity contribution is 1.16. The average molecular weight is 401 g/mol. The predicted octanol–water partition coefficient (Wildman–Crippen LogP) is 7.05. The first-order chi connectivity index (χ1) is 14.9. The van der Waals surface area contributed by atoms with Gasteiger partial charge in [0.15, 0.2) is 0 Å². The molecular formula is C26H15N3S. The van der Waals surface area contributed by atoms with Gasteiger partial charge in [0.2, 0.25) is 0 Å². The fourth-order valence-electron chi connectivity index (χ4n) is 4.69. The van der Waals surface area contributed by atoms with E-state index in [1.807, 2.05) is 35.9 Å². The topological polar surface area (TPSA) is 30.7 Å². The van der Waals surface area contributed by atoms with E-state index in [4.69, 9.17) is 0 Å². The molecule has 0 radical (unpaired) electrons. The predicted molar refractivity (Wildman–Crippen MR) is 126 cm³/mol. The first-order valence-electron chi connectivity index (χ1n) is 9.91. The van der Waals surface area contributed by atoms with Crippen LogP contribution in [-0.2, 0) is 0 Å². The molecule has 0 aliphatic heterocycles. The third-order valence-electron chi connectivity index (χ3n) is 5.95. The van der Waals surface area contributed by atoms with Crippen LogP contribution in [0.5, 0.6) is 0 Å². The maximum absolute atomic E-state index is 4.60. The summed E-state index contributed by atoms with van der Waals surface area (Å²) in [6.45, 7) is 0. The van der Waals surface area contributed by atoms with Crippen molar-refractivity contribution in [3.05, 3.63) is 90.7 Å². The van der Waals surface area contributed by atoms with Crippen LogP contribution < -0.4 is 0 Å². The van der Waals surface area contributed by atoms with Crippen LogP contribution in [0.15, 0.2) is 90.7 Å². The zero-order valence-electron chi connectivity index (χ0n) is 15.9. The van der Waals surface area contributed by atoms with Crippen molar-refractivity contribution in [2.75, 3.05) is 0 Å². The van der Waals surface area contributed by atoms with Crippen LogP contribution in [0.3, 0.4) is 0 Å². The summed E-state index contributed by atoms with van der Waals surface area (Å²) in [6.07, 6.45) is 5.54. The maximum atomic E-state index is 4.60. The smallest absolute Gasteiger partial charge is 0.0738 e. The molecule has 0 unspecified atom stereocenters. The van der Waals surface area contributed by atoms with Gasteiger partial charge >= 0.3 is 0 Å². The first-order valence-corrected chi connectivity index (χ1v) is 10.8. The van der Waals surface area contributed by atoms with Crippen LogP contribution in [0.1, 0.15) is 0 Å². The molecule has 0 fully saturated rings. The van der Waals surface area contributed by atoms with Gasteiger partial charge in [-0.05, 0) is 58.6 Å². The van der Waals surface area contributed by atoms with E-state index in [1.54, 1.807) is 6.20 Å². The summed E-state index contributed by atoms with van der Waals surface area (Å²) in [4.78, 5) is 8.86. The maximum Gasteiger partial charge on any atom is 0.0738 e. The molecule has 7 rings (SSSR count). The van der Waals surface area contributed by atoms with Gasteiger partial charge in [0.25, 0.3) is 0 Å². The summed E-state index contributed by atoms with van der Waals surface area (Å²) in [5.41, 5.74) is 5.54. The van der Waals surface area contributed by atoms with Crippen molar-refractivity contribution in [3.8, 4) is 16.9 Å². The van der Waals surface area contributed by atoms with Crippen LogP contribution >= 0.6 is 11.3 Å². The third-order valence-corrected chi connectivity index (χ3v) is 6.92. The Bertz CT molecular complexity index is 1690. The van der Waals surface area contributed by atoms with E-state index in [2.05, 4.69) is 74.5 Å². The standard InChI is InChI=1S/C26H15N3S/c1-3-16-6-7-20-25-23(13-17-9-12-30-26(17)20)29(22(5-1)24(16)25)19-8-11-28-21(14-19)18-4-2-10-27-15-18/h1-15H. The molecule has 0 atom stereocenters. The average Bonchev–Trinajstić information content (AvgIpc) is 3.41. The molecule has 4 heteroatoms. The second kappa shape index (κ2) is 5.88. The number of rotatable bonds is 2. The zero-order chi connectivity index (χ0) is 19.7. The van der Waals surface area contributed by atoms with Crippen molar-refractivity contribution in [2.24, 2.45) is 0 Å². The van der Waals surface area contributed by atoms with Gasteiger partial charge in [-0.25, -0.2) is 0 Å². The van der Waals surface area contributed by atoms with Gasteiger partial charge in [-0.3, -0.25) is 9.97 Å². The lowest BCUT2D eigenvalue weighted by Gasteiger charge is -2.10. The Labute approximate surface area is 176 Å². The highest BCUT2D eigenvalue weighted by Crippen LogP contribution is 2.43. The molecule has 140 valence electrons.